The fourth-order valence-electron chi connectivity index (χ4n) is 1.96. The van der Waals surface area contributed by atoms with Crippen LogP contribution in [-0.2, 0) is 6.54 Å². The molecule has 0 amide bonds. The second kappa shape index (κ2) is 6.02. The van der Waals surface area contributed by atoms with E-state index in [0.29, 0.717) is 11.7 Å². The van der Waals surface area contributed by atoms with E-state index in [2.05, 4.69) is 22.6 Å². The van der Waals surface area contributed by atoms with Gasteiger partial charge in [0.2, 0.25) is 0 Å². The fraction of sp³-hybridized carbons (Fsp3) is 0.500. The van der Waals surface area contributed by atoms with Crippen LogP contribution >= 0.6 is 11.6 Å². The van der Waals surface area contributed by atoms with E-state index in [1.165, 1.54) is 6.20 Å². The van der Waals surface area contributed by atoms with Crippen molar-refractivity contribution in [3.05, 3.63) is 33.7 Å². The van der Waals surface area contributed by atoms with E-state index < -0.39 is 0 Å². The Bertz CT molecular complexity index is 499. The Balaban J connectivity index is 2.16. The lowest BCUT2D eigenvalue weighted by molar-refractivity contribution is 0.266. The van der Waals surface area contributed by atoms with Gasteiger partial charge in [0.15, 0.2) is 0 Å². The lowest BCUT2D eigenvalue weighted by atomic mass is 10.0. The standard InChI is InChI=1S/C12H16ClN3O2/c13-11-10(15-9-4-2-1-3-5-9)8-14-16(6-7-17)12(11)18/h1-2,8-9,15,17H,3-7H2. The van der Waals surface area contributed by atoms with Gasteiger partial charge in [-0.2, -0.15) is 5.10 Å². The van der Waals surface area contributed by atoms with Gasteiger partial charge in [-0.3, -0.25) is 4.79 Å². The van der Waals surface area contributed by atoms with Crippen molar-refractivity contribution < 1.29 is 5.11 Å². The number of aliphatic hydroxyl groups is 1. The first-order valence-corrected chi connectivity index (χ1v) is 6.38. The van der Waals surface area contributed by atoms with Crippen LogP contribution in [0.25, 0.3) is 0 Å². The zero-order chi connectivity index (χ0) is 13.0. The number of hydrogen-bond acceptors (Lipinski definition) is 4. The number of rotatable bonds is 4. The highest BCUT2D eigenvalue weighted by molar-refractivity contribution is 6.32. The van der Waals surface area contributed by atoms with Crippen molar-refractivity contribution in [3.8, 4) is 0 Å². The van der Waals surface area contributed by atoms with Gasteiger partial charge in [0, 0.05) is 6.04 Å². The Morgan fingerprint density at radius 2 is 2.39 bits per heavy atom. The summed E-state index contributed by atoms with van der Waals surface area (Å²) in [5.74, 6) is 0. The molecule has 0 saturated heterocycles. The summed E-state index contributed by atoms with van der Waals surface area (Å²) in [5, 5.41) is 16.1. The Morgan fingerprint density at radius 1 is 1.56 bits per heavy atom. The first kappa shape index (κ1) is 13.1. The van der Waals surface area contributed by atoms with E-state index in [9.17, 15) is 4.79 Å². The normalized spacial score (nSPS) is 18.9. The second-order valence-electron chi connectivity index (χ2n) is 4.25. The molecule has 1 aliphatic rings. The predicted octanol–water partition coefficient (Wildman–Crippen LogP) is 1.41. The number of aliphatic hydroxyl groups excluding tert-OH is 1. The van der Waals surface area contributed by atoms with Gasteiger partial charge in [-0.15, -0.1) is 0 Å². The molecule has 0 aromatic carbocycles. The molecule has 6 heteroatoms. The maximum Gasteiger partial charge on any atom is 0.287 e. The van der Waals surface area contributed by atoms with Crippen LogP contribution < -0.4 is 10.9 Å². The van der Waals surface area contributed by atoms with Crippen molar-refractivity contribution in [1.29, 1.82) is 0 Å². The summed E-state index contributed by atoms with van der Waals surface area (Å²) in [6, 6.07) is 0.294. The van der Waals surface area contributed by atoms with Crippen molar-refractivity contribution in [2.75, 3.05) is 11.9 Å². The summed E-state index contributed by atoms with van der Waals surface area (Å²) in [5.41, 5.74) is 0.193. The van der Waals surface area contributed by atoms with Crippen molar-refractivity contribution in [1.82, 2.24) is 9.78 Å². The van der Waals surface area contributed by atoms with Gasteiger partial charge in [0.25, 0.3) is 5.56 Å². The monoisotopic (exact) mass is 269 g/mol. The molecule has 0 fully saturated rings. The quantitative estimate of drug-likeness (QED) is 0.811. The van der Waals surface area contributed by atoms with Gasteiger partial charge < -0.3 is 10.4 Å². The maximum atomic E-state index is 11.8. The lowest BCUT2D eigenvalue weighted by Crippen LogP contribution is -2.28. The third-order valence-corrected chi connectivity index (χ3v) is 3.29. The van der Waals surface area contributed by atoms with Gasteiger partial charge in [-0.25, -0.2) is 4.68 Å². The van der Waals surface area contributed by atoms with Crippen LogP contribution in [0.3, 0.4) is 0 Å². The number of nitrogens with zero attached hydrogens (tertiary/aromatic N) is 2. The average molecular weight is 270 g/mol. The fourth-order valence-corrected chi connectivity index (χ4v) is 2.17. The minimum atomic E-state index is -0.373. The molecule has 0 aliphatic heterocycles. The minimum absolute atomic E-state index is 0.132. The summed E-state index contributed by atoms with van der Waals surface area (Å²) < 4.78 is 1.16. The van der Waals surface area contributed by atoms with E-state index in [1.54, 1.807) is 0 Å². The molecule has 1 heterocycles. The molecule has 0 saturated carbocycles. The first-order chi connectivity index (χ1) is 8.72. The first-order valence-electron chi connectivity index (χ1n) is 6.00. The van der Waals surface area contributed by atoms with Gasteiger partial charge in [0.05, 0.1) is 25.0 Å². The van der Waals surface area contributed by atoms with Gasteiger partial charge in [-0.05, 0) is 19.3 Å². The molecule has 1 unspecified atom stereocenters. The van der Waals surface area contributed by atoms with E-state index in [-0.39, 0.29) is 23.7 Å². The molecule has 0 radical (unpaired) electrons. The molecular weight excluding hydrogens is 254 g/mol. The molecule has 0 spiro atoms. The maximum absolute atomic E-state index is 11.8. The summed E-state index contributed by atoms with van der Waals surface area (Å²) in [4.78, 5) is 11.8. The predicted molar refractivity (Wildman–Crippen MR) is 71.0 cm³/mol. The number of anilines is 1. The topological polar surface area (TPSA) is 67.2 Å². The van der Waals surface area contributed by atoms with Crippen molar-refractivity contribution in [2.24, 2.45) is 0 Å². The van der Waals surface area contributed by atoms with Crippen LogP contribution in [0.5, 0.6) is 0 Å². The van der Waals surface area contributed by atoms with E-state index in [4.69, 9.17) is 16.7 Å². The van der Waals surface area contributed by atoms with Crippen LogP contribution in [0.2, 0.25) is 5.02 Å². The molecule has 2 rings (SSSR count). The Morgan fingerprint density at radius 3 is 3.06 bits per heavy atom. The summed E-state index contributed by atoms with van der Waals surface area (Å²) in [6.45, 7) is 0.0223. The zero-order valence-corrected chi connectivity index (χ0v) is 10.7. The molecule has 1 aromatic heterocycles. The SMILES string of the molecule is O=c1c(Cl)c(NC2CC=CCC2)cnn1CCO. The van der Waals surface area contributed by atoms with Crippen molar-refractivity contribution >= 4 is 17.3 Å². The molecule has 18 heavy (non-hydrogen) atoms. The Hall–Kier alpha value is -1.33. The average Bonchev–Trinajstić information content (AvgIpc) is 2.40. The van der Waals surface area contributed by atoms with Crippen LogP contribution in [-0.4, -0.2) is 27.5 Å². The number of hydrogen-bond donors (Lipinski definition) is 2. The van der Waals surface area contributed by atoms with Crippen molar-refractivity contribution in [2.45, 2.75) is 31.8 Å². The van der Waals surface area contributed by atoms with Crippen LogP contribution in [0.15, 0.2) is 23.1 Å². The molecule has 1 aromatic rings. The molecule has 2 N–H and O–H groups in total. The van der Waals surface area contributed by atoms with Crippen molar-refractivity contribution in [3.63, 3.8) is 0 Å². The molecular formula is C12H16ClN3O2. The van der Waals surface area contributed by atoms with Gasteiger partial charge in [-0.1, -0.05) is 23.8 Å². The number of allylic oxidation sites excluding steroid dienone is 1. The highest BCUT2D eigenvalue weighted by Crippen LogP contribution is 2.20. The molecule has 98 valence electrons. The number of nitrogens with one attached hydrogen (secondary N) is 1. The van der Waals surface area contributed by atoms with Gasteiger partial charge >= 0.3 is 0 Å². The number of halogens is 1. The highest BCUT2D eigenvalue weighted by atomic mass is 35.5. The van der Waals surface area contributed by atoms with E-state index in [0.717, 1.165) is 23.9 Å². The van der Waals surface area contributed by atoms with Crippen LogP contribution in [0.4, 0.5) is 5.69 Å². The van der Waals surface area contributed by atoms with E-state index in [1.807, 2.05) is 0 Å². The summed E-state index contributed by atoms with van der Waals surface area (Å²) >= 11 is 6.02. The Labute approximate surface area is 110 Å². The third kappa shape index (κ3) is 2.91. The van der Waals surface area contributed by atoms with Crippen LogP contribution in [0, 0.1) is 0 Å². The molecule has 1 atom stereocenters. The van der Waals surface area contributed by atoms with Gasteiger partial charge in [0.1, 0.15) is 5.02 Å². The van der Waals surface area contributed by atoms with Crippen LogP contribution in [0.1, 0.15) is 19.3 Å². The third-order valence-electron chi connectivity index (χ3n) is 2.93. The van der Waals surface area contributed by atoms with E-state index >= 15 is 0 Å². The Kier molecular flexibility index (Phi) is 4.38. The lowest BCUT2D eigenvalue weighted by Gasteiger charge is -2.21. The zero-order valence-electron chi connectivity index (χ0n) is 9.97. The molecule has 5 nitrogen and oxygen atoms in total. The molecule has 1 aliphatic carbocycles. The number of aromatic nitrogens is 2. The summed E-state index contributed by atoms with van der Waals surface area (Å²) in [6.07, 6.45) is 8.79. The largest absolute Gasteiger partial charge is 0.394 e. The molecule has 0 bridgehead atoms. The smallest absolute Gasteiger partial charge is 0.287 e. The second-order valence-corrected chi connectivity index (χ2v) is 4.63. The highest BCUT2D eigenvalue weighted by Gasteiger charge is 2.14. The summed E-state index contributed by atoms with van der Waals surface area (Å²) in [7, 11) is 0. The minimum Gasteiger partial charge on any atom is -0.394 e.